The molecule has 0 saturated heterocycles. The van der Waals surface area contributed by atoms with Gasteiger partial charge in [-0.1, -0.05) is 35.0 Å². The van der Waals surface area contributed by atoms with Crippen molar-refractivity contribution in [1.82, 2.24) is 0 Å². The molecule has 0 aromatic heterocycles. The number of hydrogen-bond donors (Lipinski definition) is 1. The lowest BCUT2D eigenvalue weighted by Gasteiger charge is -2.12. The van der Waals surface area contributed by atoms with Crippen molar-refractivity contribution in [3.8, 4) is 11.5 Å². The summed E-state index contributed by atoms with van der Waals surface area (Å²) in [5.41, 5.74) is 8.23. The molecule has 0 radical (unpaired) electrons. The molecule has 0 aliphatic carbocycles. The summed E-state index contributed by atoms with van der Waals surface area (Å²) in [6.45, 7) is 4.11. The van der Waals surface area contributed by atoms with Crippen LogP contribution >= 0.6 is 15.9 Å². The second-order valence-electron chi connectivity index (χ2n) is 4.60. The van der Waals surface area contributed by atoms with E-state index in [9.17, 15) is 0 Å². The van der Waals surface area contributed by atoms with Gasteiger partial charge in [0.1, 0.15) is 11.5 Å². The van der Waals surface area contributed by atoms with Crippen LogP contribution in [0.5, 0.6) is 11.5 Å². The van der Waals surface area contributed by atoms with Crippen LogP contribution in [0.4, 0.5) is 0 Å². The molecule has 2 N–H and O–H groups in total. The molecule has 0 aliphatic heterocycles. The lowest BCUT2D eigenvalue weighted by Crippen LogP contribution is -2.08. The van der Waals surface area contributed by atoms with Gasteiger partial charge in [-0.05, 0) is 54.8 Å². The maximum absolute atomic E-state index is 5.99. The van der Waals surface area contributed by atoms with Crippen LogP contribution in [0.1, 0.15) is 30.5 Å². The lowest BCUT2D eigenvalue weighted by atomic mass is 10.1. The first kappa shape index (κ1) is 14.1. The molecule has 0 saturated carbocycles. The van der Waals surface area contributed by atoms with Crippen molar-refractivity contribution in [3.05, 3.63) is 58.1 Å². The minimum Gasteiger partial charge on any atom is -0.457 e. The molecular weight excluding hydrogens is 302 g/mol. The highest BCUT2D eigenvalue weighted by molar-refractivity contribution is 9.10. The Hall–Kier alpha value is -1.32. The molecule has 0 bridgehead atoms. The third-order valence-electron chi connectivity index (χ3n) is 3.11. The summed E-state index contributed by atoms with van der Waals surface area (Å²) in [6, 6.07) is 14.1. The molecule has 19 heavy (non-hydrogen) atoms. The van der Waals surface area contributed by atoms with Gasteiger partial charge in [0.2, 0.25) is 0 Å². The first-order valence-corrected chi connectivity index (χ1v) is 7.19. The molecule has 2 aromatic carbocycles. The van der Waals surface area contributed by atoms with Gasteiger partial charge in [0.25, 0.3) is 0 Å². The summed E-state index contributed by atoms with van der Waals surface area (Å²) in [6.07, 6.45) is 0.937. The zero-order valence-electron chi connectivity index (χ0n) is 11.2. The number of ether oxygens (including phenoxy) is 1. The van der Waals surface area contributed by atoms with Crippen molar-refractivity contribution in [1.29, 1.82) is 0 Å². The monoisotopic (exact) mass is 319 g/mol. The highest BCUT2D eigenvalue weighted by Crippen LogP contribution is 2.28. The molecule has 0 aliphatic rings. The third-order valence-corrected chi connectivity index (χ3v) is 3.61. The molecule has 2 rings (SSSR count). The standard InChI is InChI=1S/C16H18BrNO/c1-3-15(18)12-4-7-14(8-5-12)19-16-9-6-13(17)10-11(16)2/h4-10,15H,3,18H2,1-2H3/t15-/m0/s1. The molecule has 0 heterocycles. The summed E-state index contributed by atoms with van der Waals surface area (Å²) >= 11 is 3.45. The van der Waals surface area contributed by atoms with Gasteiger partial charge in [-0.15, -0.1) is 0 Å². The van der Waals surface area contributed by atoms with E-state index in [0.717, 1.165) is 33.5 Å². The van der Waals surface area contributed by atoms with E-state index >= 15 is 0 Å². The average molecular weight is 320 g/mol. The summed E-state index contributed by atoms with van der Waals surface area (Å²) in [5.74, 6) is 1.70. The highest BCUT2D eigenvalue weighted by Gasteiger charge is 2.05. The summed E-state index contributed by atoms with van der Waals surface area (Å²) in [5, 5.41) is 0. The molecular formula is C16H18BrNO. The van der Waals surface area contributed by atoms with Crippen molar-refractivity contribution < 1.29 is 4.74 Å². The highest BCUT2D eigenvalue weighted by atomic mass is 79.9. The molecule has 100 valence electrons. The fourth-order valence-corrected chi connectivity index (χ4v) is 2.35. The van der Waals surface area contributed by atoms with Crippen LogP contribution in [-0.2, 0) is 0 Å². The van der Waals surface area contributed by atoms with E-state index in [1.165, 1.54) is 0 Å². The van der Waals surface area contributed by atoms with E-state index in [1.807, 2.05) is 49.4 Å². The number of aryl methyl sites for hydroxylation is 1. The van der Waals surface area contributed by atoms with Gasteiger partial charge in [-0.2, -0.15) is 0 Å². The molecule has 1 atom stereocenters. The van der Waals surface area contributed by atoms with Crippen molar-refractivity contribution in [2.24, 2.45) is 5.73 Å². The van der Waals surface area contributed by atoms with Gasteiger partial charge in [0.15, 0.2) is 0 Å². The molecule has 3 heteroatoms. The summed E-state index contributed by atoms with van der Waals surface area (Å²) < 4.78 is 6.93. The predicted octanol–water partition coefficient (Wildman–Crippen LogP) is 4.96. The summed E-state index contributed by atoms with van der Waals surface area (Å²) in [4.78, 5) is 0. The quantitative estimate of drug-likeness (QED) is 0.864. The van der Waals surface area contributed by atoms with E-state index in [2.05, 4.69) is 22.9 Å². The van der Waals surface area contributed by atoms with E-state index in [1.54, 1.807) is 0 Å². The fourth-order valence-electron chi connectivity index (χ4n) is 1.87. The van der Waals surface area contributed by atoms with Crippen LogP contribution in [0.25, 0.3) is 0 Å². The van der Waals surface area contributed by atoms with Gasteiger partial charge in [0, 0.05) is 10.5 Å². The molecule has 2 aromatic rings. The number of halogens is 1. The normalized spacial score (nSPS) is 12.2. The number of hydrogen-bond acceptors (Lipinski definition) is 2. The first-order valence-electron chi connectivity index (χ1n) is 6.39. The smallest absolute Gasteiger partial charge is 0.130 e. The van der Waals surface area contributed by atoms with E-state index < -0.39 is 0 Å². The maximum Gasteiger partial charge on any atom is 0.130 e. The first-order chi connectivity index (χ1) is 9.10. The van der Waals surface area contributed by atoms with Gasteiger partial charge in [-0.25, -0.2) is 0 Å². The van der Waals surface area contributed by atoms with Crippen molar-refractivity contribution in [2.45, 2.75) is 26.3 Å². The minimum atomic E-state index is 0.100. The van der Waals surface area contributed by atoms with Gasteiger partial charge >= 0.3 is 0 Å². The Morgan fingerprint density at radius 2 is 1.84 bits per heavy atom. The Morgan fingerprint density at radius 1 is 1.16 bits per heavy atom. The van der Waals surface area contributed by atoms with Crippen LogP contribution in [-0.4, -0.2) is 0 Å². The molecule has 0 spiro atoms. The molecule has 0 fully saturated rings. The molecule has 2 nitrogen and oxygen atoms in total. The van der Waals surface area contributed by atoms with Gasteiger partial charge in [0.05, 0.1) is 0 Å². The zero-order chi connectivity index (χ0) is 13.8. The Bertz CT molecular complexity index is 551. The topological polar surface area (TPSA) is 35.2 Å². The van der Waals surface area contributed by atoms with Gasteiger partial charge < -0.3 is 10.5 Å². The van der Waals surface area contributed by atoms with Crippen LogP contribution < -0.4 is 10.5 Å². The van der Waals surface area contributed by atoms with Crippen molar-refractivity contribution in [2.75, 3.05) is 0 Å². The van der Waals surface area contributed by atoms with E-state index in [-0.39, 0.29) is 6.04 Å². The number of nitrogens with two attached hydrogens (primary N) is 1. The maximum atomic E-state index is 5.99. The lowest BCUT2D eigenvalue weighted by molar-refractivity contribution is 0.478. The van der Waals surface area contributed by atoms with E-state index in [0.29, 0.717) is 0 Å². The van der Waals surface area contributed by atoms with Crippen LogP contribution in [0.3, 0.4) is 0 Å². The van der Waals surface area contributed by atoms with E-state index in [4.69, 9.17) is 10.5 Å². The summed E-state index contributed by atoms with van der Waals surface area (Å²) in [7, 11) is 0. The van der Waals surface area contributed by atoms with Crippen molar-refractivity contribution >= 4 is 15.9 Å². The van der Waals surface area contributed by atoms with Gasteiger partial charge in [-0.3, -0.25) is 0 Å². The SMILES string of the molecule is CC[C@H](N)c1ccc(Oc2ccc(Br)cc2C)cc1. The largest absolute Gasteiger partial charge is 0.457 e. The van der Waals surface area contributed by atoms with Crippen LogP contribution in [0.15, 0.2) is 46.9 Å². The predicted molar refractivity (Wildman–Crippen MR) is 82.6 cm³/mol. The molecule has 0 unspecified atom stereocenters. The molecule has 0 amide bonds. The number of rotatable bonds is 4. The van der Waals surface area contributed by atoms with Crippen LogP contribution in [0, 0.1) is 6.92 Å². The third kappa shape index (κ3) is 3.58. The zero-order valence-corrected chi connectivity index (χ0v) is 12.8. The Labute approximate surface area is 122 Å². The second-order valence-corrected chi connectivity index (χ2v) is 5.51. The Kier molecular flexibility index (Phi) is 4.61. The Morgan fingerprint density at radius 3 is 2.42 bits per heavy atom. The van der Waals surface area contributed by atoms with Crippen LogP contribution in [0.2, 0.25) is 0 Å². The van der Waals surface area contributed by atoms with Crippen molar-refractivity contribution in [3.63, 3.8) is 0 Å². The number of benzene rings is 2. The Balaban J connectivity index is 2.15. The average Bonchev–Trinajstić information content (AvgIpc) is 2.42. The fraction of sp³-hybridized carbons (Fsp3) is 0.250. The minimum absolute atomic E-state index is 0.100. The second kappa shape index (κ2) is 6.22.